The molecule has 0 aliphatic rings. The number of amides is 2. The van der Waals surface area contributed by atoms with Crippen LogP contribution in [0.5, 0.6) is 0 Å². The van der Waals surface area contributed by atoms with Crippen LogP contribution in [-0.4, -0.2) is 16.8 Å². The van der Waals surface area contributed by atoms with Gasteiger partial charge in [-0.15, -0.1) is 0 Å². The lowest BCUT2D eigenvalue weighted by Crippen LogP contribution is -2.13. The molecule has 0 atom stereocenters. The van der Waals surface area contributed by atoms with E-state index in [0.717, 1.165) is 12.8 Å². The van der Waals surface area contributed by atoms with E-state index in [2.05, 4.69) is 15.6 Å². The van der Waals surface area contributed by atoms with Crippen LogP contribution in [0.1, 0.15) is 36.5 Å². The zero-order chi connectivity index (χ0) is 15.8. The number of pyridine rings is 1. The molecule has 0 radical (unpaired) electrons. The van der Waals surface area contributed by atoms with Gasteiger partial charge in [0, 0.05) is 35.8 Å². The predicted octanol–water partition coefficient (Wildman–Crippen LogP) is 3.46. The molecule has 2 N–H and O–H groups in total. The van der Waals surface area contributed by atoms with E-state index in [1.807, 2.05) is 6.92 Å². The molecular formula is C17H19N3O2. The van der Waals surface area contributed by atoms with Gasteiger partial charge >= 0.3 is 0 Å². The van der Waals surface area contributed by atoms with Gasteiger partial charge in [0.2, 0.25) is 5.91 Å². The summed E-state index contributed by atoms with van der Waals surface area (Å²) in [5.41, 5.74) is 1.92. The summed E-state index contributed by atoms with van der Waals surface area (Å²) in [4.78, 5) is 27.6. The molecule has 0 fully saturated rings. The molecule has 0 saturated heterocycles. The van der Waals surface area contributed by atoms with Crippen molar-refractivity contribution in [3.8, 4) is 0 Å². The second-order valence-electron chi connectivity index (χ2n) is 4.92. The largest absolute Gasteiger partial charge is 0.326 e. The fraction of sp³-hybridized carbons (Fsp3) is 0.235. The number of carbonyl (C=O) groups is 2. The monoisotopic (exact) mass is 297 g/mol. The number of nitrogens with zero attached hydrogens (tertiary/aromatic N) is 1. The smallest absolute Gasteiger partial charge is 0.255 e. The van der Waals surface area contributed by atoms with Crippen LogP contribution in [0, 0.1) is 0 Å². The fourth-order valence-corrected chi connectivity index (χ4v) is 1.90. The molecule has 5 nitrogen and oxygen atoms in total. The van der Waals surface area contributed by atoms with E-state index in [4.69, 9.17) is 0 Å². The summed E-state index contributed by atoms with van der Waals surface area (Å²) in [6.45, 7) is 2.05. The minimum absolute atomic E-state index is 0.00385. The number of carbonyl (C=O) groups excluding carboxylic acids is 2. The molecule has 2 rings (SSSR count). The Balaban J connectivity index is 1.93. The number of rotatable bonds is 6. The van der Waals surface area contributed by atoms with Gasteiger partial charge in [0.05, 0.1) is 0 Å². The van der Waals surface area contributed by atoms with Crippen molar-refractivity contribution in [2.45, 2.75) is 26.2 Å². The van der Waals surface area contributed by atoms with Crippen LogP contribution in [0.3, 0.4) is 0 Å². The summed E-state index contributed by atoms with van der Waals surface area (Å²) in [6, 6.07) is 10.3. The Labute approximate surface area is 129 Å². The number of unbranched alkanes of at least 4 members (excludes halogenated alkanes) is 1. The molecule has 0 spiro atoms. The van der Waals surface area contributed by atoms with Gasteiger partial charge < -0.3 is 10.6 Å². The topological polar surface area (TPSA) is 71.1 Å². The number of aromatic nitrogens is 1. The van der Waals surface area contributed by atoms with Crippen molar-refractivity contribution in [2.24, 2.45) is 0 Å². The summed E-state index contributed by atoms with van der Waals surface area (Å²) >= 11 is 0. The maximum absolute atomic E-state index is 12.1. The van der Waals surface area contributed by atoms with E-state index in [1.165, 1.54) is 0 Å². The van der Waals surface area contributed by atoms with E-state index < -0.39 is 0 Å². The highest BCUT2D eigenvalue weighted by molar-refractivity contribution is 6.04. The van der Waals surface area contributed by atoms with E-state index in [-0.39, 0.29) is 11.8 Å². The number of anilines is 2. The van der Waals surface area contributed by atoms with Crippen molar-refractivity contribution in [3.63, 3.8) is 0 Å². The minimum atomic E-state index is -0.199. The predicted molar refractivity (Wildman–Crippen MR) is 86.8 cm³/mol. The average molecular weight is 297 g/mol. The molecule has 0 unspecified atom stereocenters. The summed E-state index contributed by atoms with van der Waals surface area (Å²) in [5, 5.41) is 5.59. The third-order valence-electron chi connectivity index (χ3n) is 3.13. The minimum Gasteiger partial charge on any atom is -0.326 e. The van der Waals surface area contributed by atoms with Crippen molar-refractivity contribution < 1.29 is 9.59 Å². The number of nitrogens with one attached hydrogen (secondary N) is 2. The highest BCUT2D eigenvalue weighted by Gasteiger charge is 2.07. The SMILES string of the molecule is CCCCC(=O)Nc1ccc(C(=O)Nc2ccncc2)cc1. The molecule has 114 valence electrons. The first kappa shape index (κ1) is 15.7. The Morgan fingerprint density at radius 2 is 1.59 bits per heavy atom. The zero-order valence-electron chi connectivity index (χ0n) is 12.5. The fourth-order valence-electron chi connectivity index (χ4n) is 1.90. The van der Waals surface area contributed by atoms with Gasteiger partial charge in [0.25, 0.3) is 5.91 Å². The quantitative estimate of drug-likeness (QED) is 0.857. The Hall–Kier alpha value is -2.69. The van der Waals surface area contributed by atoms with Crippen LogP contribution < -0.4 is 10.6 Å². The van der Waals surface area contributed by atoms with Gasteiger partial charge in [0.15, 0.2) is 0 Å². The van der Waals surface area contributed by atoms with Crippen molar-refractivity contribution >= 4 is 23.2 Å². The summed E-state index contributed by atoms with van der Waals surface area (Å²) in [6.07, 6.45) is 5.61. The standard InChI is InChI=1S/C17H19N3O2/c1-2-3-4-16(21)19-14-7-5-13(6-8-14)17(22)20-15-9-11-18-12-10-15/h5-12H,2-4H2,1H3,(H,19,21)(H,18,20,22). The lowest BCUT2D eigenvalue weighted by Gasteiger charge is -2.07. The molecule has 22 heavy (non-hydrogen) atoms. The summed E-state index contributed by atoms with van der Waals surface area (Å²) in [5.74, 6) is -0.203. The first-order valence-corrected chi connectivity index (χ1v) is 7.30. The van der Waals surface area contributed by atoms with Gasteiger partial charge in [-0.25, -0.2) is 0 Å². The maximum Gasteiger partial charge on any atom is 0.255 e. The van der Waals surface area contributed by atoms with Crippen LogP contribution in [0.2, 0.25) is 0 Å². The van der Waals surface area contributed by atoms with Crippen LogP contribution in [0.25, 0.3) is 0 Å². The van der Waals surface area contributed by atoms with Gasteiger partial charge in [0.1, 0.15) is 0 Å². The third-order valence-corrected chi connectivity index (χ3v) is 3.13. The third kappa shape index (κ3) is 4.70. The molecule has 0 aliphatic heterocycles. The molecule has 2 aromatic rings. The van der Waals surface area contributed by atoms with Crippen molar-refractivity contribution in [1.29, 1.82) is 0 Å². The van der Waals surface area contributed by atoms with Gasteiger partial charge in [-0.2, -0.15) is 0 Å². The number of hydrogen-bond donors (Lipinski definition) is 2. The molecule has 0 saturated carbocycles. The highest BCUT2D eigenvalue weighted by atomic mass is 16.2. The van der Waals surface area contributed by atoms with Gasteiger partial charge in [-0.05, 0) is 42.8 Å². The summed E-state index contributed by atoms with van der Waals surface area (Å²) in [7, 11) is 0. The normalized spacial score (nSPS) is 10.0. The lowest BCUT2D eigenvalue weighted by molar-refractivity contribution is -0.116. The highest BCUT2D eigenvalue weighted by Crippen LogP contribution is 2.12. The number of hydrogen-bond acceptors (Lipinski definition) is 3. The van der Waals surface area contributed by atoms with Crippen LogP contribution in [0.15, 0.2) is 48.8 Å². The Morgan fingerprint density at radius 3 is 2.23 bits per heavy atom. The maximum atomic E-state index is 12.1. The number of benzene rings is 1. The molecule has 0 aliphatic carbocycles. The van der Waals surface area contributed by atoms with E-state index in [1.54, 1.807) is 48.8 Å². The van der Waals surface area contributed by atoms with Crippen molar-refractivity contribution in [1.82, 2.24) is 4.98 Å². The Bertz CT molecular complexity index is 624. The van der Waals surface area contributed by atoms with Crippen molar-refractivity contribution in [3.05, 3.63) is 54.4 Å². The van der Waals surface area contributed by atoms with Crippen LogP contribution in [-0.2, 0) is 4.79 Å². The molecule has 1 aromatic heterocycles. The first-order chi connectivity index (χ1) is 10.7. The average Bonchev–Trinajstić information content (AvgIpc) is 2.54. The molecule has 5 heteroatoms. The Kier molecular flexibility index (Phi) is 5.65. The van der Waals surface area contributed by atoms with Crippen LogP contribution >= 0.6 is 0 Å². The van der Waals surface area contributed by atoms with E-state index in [0.29, 0.717) is 23.4 Å². The second-order valence-corrected chi connectivity index (χ2v) is 4.92. The van der Waals surface area contributed by atoms with Gasteiger partial charge in [-0.3, -0.25) is 14.6 Å². The second kappa shape index (κ2) is 7.93. The van der Waals surface area contributed by atoms with Gasteiger partial charge in [-0.1, -0.05) is 13.3 Å². The molecular weight excluding hydrogens is 278 g/mol. The van der Waals surface area contributed by atoms with Crippen LogP contribution in [0.4, 0.5) is 11.4 Å². The van der Waals surface area contributed by atoms with E-state index in [9.17, 15) is 9.59 Å². The molecule has 1 heterocycles. The lowest BCUT2D eigenvalue weighted by atomic mass is 10.2. The first-order valence-electron chi connectivity index (χ1n) is 7.30. The van der Waals surface area contributed by atoms with Crippen molar-refractivity contribution in [2.75, 3.05) is 10.6 Å². The molecule has 1 aromatic carbocycles. The Morgan fingerprint density at radius 1 is 0.955 bits per heavy atom. The molecule has 0 bridgehead atoms. The zero-order valence-corrected chi connectivity index (χ0v) is 12.5. The van der Waals surface area contributed by atoms with E-state index >= 15 is 0 Å². The molecule has 2 amide bonds. The summed E-state index contributed by atoms with van der Waals surface area (Å²) < 4.78 is 0.